The van der Waals surface area contributed by atoms with Crippen LogP contribution in [0, 0.1) is 10.1 Å². The predicted molar refractivity (Wildman–Crippen MR) is 85.1 cm³/mol. The van der Waals surface area contributed by atoms with Gasteiger partial charge >= 0.3 is 0 Å². The minimum Gasteiger partial charge on any atom is -0.337 e. The van der Waals surface area contributed by atoms with Crippen LogP contribution in [0.2, 0.25) is 0 Å². The topological polar surface area (TPSA) is 101 Å². The third-order valence-electron chi connectivity index (χ3n) is 3.56. The van der Waals surface area contributed by atoms with Gasteiger partial charge in [0, 0.05) is 38.3 Å². The number of para-hydroxylation sites is 1. The number of hydrogen-bond acceptors (Lipinski definition) is 5. The van der Waals surface area contributed by atoms with Crippen LogP contribution in [0.4, 0.5) is 5.69 Å². The highest BCUT2D eigenvalue weighted by atomic mass is 32.2. The van der Waals surface area contributed by atoms with Gasteiger partial charge in [0.2, 0.25) is 15.9 Å². The Kier molecular flexibility index (Phi) is 5.12. The molecule has 0 aromatic heterocycles. The van der Waals surface area contributed by atoms with Gasteiger partial charge in [-0.15, -0.1) is 0 Å². The van der Waals surface area contributed by atoms with E-state index in [0.29, 0.717) is 18.7 Å². The Morgan fingerprint density at radius 2 is 1.83 bits per heavy atom. The zero-order chi connectivity index (χ0) is 17.0. The molecule has 23 heavy (non-hydrogen) atoms. The van der Waals surface area contributed by atoms with Crippen LogP contribution < -0.4 is 0 Å². The van der Waals surface area contributed by atoms with Crippen LogP contribution in [0.1, 0.15) is 5.56 Å². The van der Waals surface area contributed by atoms with Crippen molar-refractivity contribution in [1.29, 1.82) is 0 Å². The first-order chi connectivity index (χ1) is 10.8. The fourth-order valence-corrected chi connectivity index (χ4v) is 3.13. The molecule has 0 radical (unpaired) electrons. The lowest BCUT2D eigenvalue weighted by molar-refractivity contribution is -0.385. The molecule has 1 fully saturated rings. The first-order valence-corrected chi connectivity index (χ1v) is 8.79. The zero-order valence-corrected chi connectivity index (χ0v) is 13.4. The molecule has 1 heterocycles. The number of nitrogens with zero attached hydrogens (tertiary/aromatic N) is 3. The lowest BCUT2D eigenvalue weighted by atomic mass is 10.1. The van der Waals surface area contributed by atoms with E-state index in [2.05, 4.69) is 0 Å². The quantitative estimate of drug-likeness (QED) is 0.457. The average molecular weight is 339 g/mol. The molecule has 0 atom stereocenters. The summed E-state index contributed by atoms with van der Waals surface area (Å²) in [6.45, 7) is 1.11. The zero-order valence-electron chi connectivity index (χ0n) is 12.6. The van der Waals surface area contributed by atoms with Crippen molar-refractivity contribution >= 4 is 27.7 Å². The Morgan fingerprint density at radius 1 is 1.22 bits per heavy atom. The molecule has 0 N–H and O–H groups in total. The molecule has 1 aromatic rings. The van der Waals surface area contributed by atoms with Gasteiger partial charge in [-0.25, -0.2) is 8.42 Å². The van der Waals surface area contributed by atoms with Crippen LogP contribution in [0.5, 0.6) is 0 Å². The van der Waals surface area contributed by atoms with Crippen LogP contribution in [-0.2, 0) is 14.8 Å². The van der Waals surface area contributed by atoms with Crippen LogP contribution in [0.3, 0.4) is 0 Å². The van der Waals surface area contributed by atoms with Crippen LogP contribution in [0.15, 0.2) is 30.3 Å². The van der Waals surface area contributed by atoms with Gasteiger partial charge in [0.15, 0.2) is 0 Å². The maximum absolute atomic E-state index is 12.1. The van der Waals surface area contributed by atoms with E-state index in [4.69, 9.17) is 0 Å². The van der Waals surface area contributed by atoms with E-state index in [1.54, 1.807) is 18.2 Å². The Bertz CT molecular complexity index is 737. The Hall–Kier alpha value is -2.26. The predicted octanol–water partition coefficient (Wildman–Crippen LogP) is 0.712. The summed E-state index contributed by atoms with van der Waals surface area (Å²) in [5.74, 6) is -0.295. The molecule has 0 aliphatic carbocycles. The standard InChI is InChI=1S/C14H17N3O5S/c1-23(21,22)16-10-8-15(9-11-16)14(18)7-6-12-4-2-3-5-13(12)17(19)20/h2-7H,8-11H2,1H3/b7-6+. The highest BCUT2D eigenvalue weighted by Gasteiger charge is 2.25. The van der Waals surface area contributed by atoms with E-state index in [1.807, 2.05) is 0 Å². The van der Waals surface area contributed by atoms with E-state index in [-0.39, 0.29) is 24.7 Å². The van der Waals surface area contributed by atoms with E-state index < -0.39 is 14.9 Å². The van der Waals surface area contributed by atoms with Crippen molar-refractivity contribution in [1.82, 2.24) is 9.21 Å². The number of carbonyl (C=O) groups is 1. The number of benzene rings is 1. The normalized spacial score (nSPS) is 16.7. The summed E-state index contributed by atoms with van der Waals surface area (Å²) in [6.07, 6.45) is 3.82. The van der Waals surface area contributed by atoms with Crippen molar-refractivity contribution in [3.8, 4) is 0 Å². The second kappa shape index (κ2) is 6.88. The smallest absolute Gasteiger partial charge is 0.276 e. The molecule has 8 nitrogen and oxygen atoms in total. The molecule has 0 unspecified atom stereocenters. The van der Waals surface area contributed by atoms with E-state index >= 15 is 0 Å². The Morgan fingerprint density at radius 3 is 2.39 bits per heavy atom. The van der Waals surface area contributed by atoms with Gasteiger partial charge in [-0.3, -0.25) is 14.9 Å². The first-order valence-electron chi connectivity index (χ1n) is 6.94. The summed E-state index contributed by atoms with van der Waals surface area (Å²) in [7, 11) is -3.24. The monoisotopic (exact) mass is 339 g/mol. The van der Waals surface area contributed by atoms with Gasteiger partial charge in [-0.05, 0) is 12.1 Å². The van der Waals surface area contributed by atoms with Gasteiger partial charge < -0.3 is 4.90 Å². The van der Waals surface area contributed by atoms with Crippen molar-refractivity contribution in [3.63, 3.8) is 0 Å². The molecule has 0 spiro atoms. The second-order valence-electron chi connectivity index (χ2n) is 5.14. The third kappa shape index (κ3) is 4.36. The Balaban J connectivity index is 2.02. The molecule has 9 heteroatoms. The van der Waals surface area contributed by atoms with Gasteiger partial charge in [0.05, 0.1) is 16.7 Å². The Labute approximate surface area is 134 Å². The summed E-state index contributed by atoms with van der Waals surface area (Å²) in [5, 5.41) is 10.9. The molecule has 1 aliphatic heterocycles. The maximum Gasteiger partial charge on any atom is 0.276 e. The van der Waals surface area contributed by atoms with Crippen molar-refractivity contribution in [2.75, 3.05) is 32.4 Å². The summed E-state index contributed by atoms with van der Waals surface area (Å²) >= 11 is 0. The van der Waals surface area contributed by atoms with Crippen molar-refractivity contribution < 1.29 is 18.1 Å². The number of rotatable bonds is 4. The van der Waals surface area contributed by atoms with Crippen molar-refractivity contribution in [2.45, 2.75) is 0 Å². The number of sulfonamides is 1. The molecular weight excluding hydrogens is 322 g/mol. The first kappa shape index (κ1) is 17.1. The fourth-order valence-electron chi connectivity index (χ4n) is 2.30. The van der Waals surface area contributed by atoms with Crippen molar-refractivity contribution in [2.24, 2.45) is 0 Å². The molecule has 1 aromatic carbocycles. The van der Waals surface area contributed by atoms with E-state index in [1.165, 1.54) is 27.4 Å². The van der Waals surface area contributed by atoms with Crippen LogP contribution in [-0.4, -0.2) is 60.9 Å². The summed E-state index contributed by atoms with van der Waals surface area (Å²) in [6, 6.07) is 6.14. The summed E-state index contributed by atoms with van der Waals surface area (Å²) in [4.78, 5) is 24.0. The molecule has 0 bridgehead atoms. The lowest BCUT2D eigenvalue weighted by Gasteiger charge is -2.32. The SMILES string of the molecule is CS(=O)(=O)N1CCN(C(=O)/C=C/c2ccccc2[N+](=O)[O-])CC1. The van der Waals surface area contributed by atoms with E-state index in [0.717, 1.165) is 6.26 Å². The average Bonchev–Trinajstić information content (AvgIpc) is 2.52. The maximum atomic E-state index is 12.1. The number of amides is 1. The van der Waals surface area contributed by atoms with Gasteiger partial charge in [-0.1, -0.05) is 12.1 Å². The lowest BCUT2D eigenvalue weighted by Crippen LogP contribution is -2.49. The van der Waals surface area contributed by atoms with E-state index in [9.17, 15) is 23.3 Å². The third-order valence-corrected chi connectivity index (χ3v) is 4.86. The fraction of sp³-hybridized carbons (Fsp3) is 0.357. The molecule has 0 saturated carbocycles. The number of piperazine rings is 1. The number of carbonyl (C=O) groups excluding carboxylic acids is 1. The van der Waals surface area contributed by atoms with Crippen molar-refractivity contribution in [3.05, 3.63) is 46.0 Å². The highest BCUT2D eigenvalue weighted by molar-refractivity contribution is 7.88. The highest BCUT2D eigenvalue weighted by Crippen LogP contribution is 2.19. The van der Waals surface area contributed by atoms with Crippen LogP contribution >= 0.6 is 0 Å². The summed E-state index contributed by atoms with van der Waals surface area (Å²) < 4.78 is 24.2. The molecule has 124 valence electrons. The van der Waals surface area contributed by atoms with Crippen LogP contribution in [0.25, 0.3) is 6.08 Å². The molecular formula is C14H17N3O5S. The number of hydrogen-bond donors (Lipinski definition) is 0. The molecule has 1 aliphatic rings. The minimum atomic E-state index is -3.24. The van der Waals surface area contributed by atoms with Gasteiger partial charge in [0.1, 0.15) is 0 Å². The minimum absolute atomic E-state index is 0.0709. The summed E-state index contributed by atoms with van der Waals surface area (Å²) in [5.41, 5.74) is 0.277. The van der Waals surface area contributed by atoms with Gasteiger partial charge in [-0.2, -0.15) is 4.31 Å². The second-order valence-corrected chi connectivity index (χ2v) is 7.12. The molecule has 1 amide bonds. The number of nitro groups is 1. The number of nitro benzene ring substituents is 1. The molecule has 1 saturated heterocycles. The van der Waals surface area contributed by atoms with Gasteiger partial charge in [0.25, 0.3) is 5.69 Å². The molecule has 2 rings (SSSR count). The largest absolute Gasteiger partial charge is 0.337 e.